The summed E-state index contributed by atoms with van der Waals surface area (Å²) in [7, 11) is -1.77. The number of benzene rings is 2. The summed E-state index contributed by atoms with van der Waals surface area (Å²) in [5.41, 5.74) is 4.31. The minimum atomic E-state index is -3.62. The maximum Gasteiger partial charge on any atom is 0.319 e. The number of carbonyl (C=O) groups is 1. The number of hydrogen-bond donors (Lipinski definition) is 3. The van der Waals surface area contributed by atoms with E-state index < -0.39 is 16.1 Å². The molecule has 2 amide bonds. The molecule has 1 aliphatic heterocycles. The molecule has 0 radical (unpaired) electrons. The van der Waals surface area contributed by atoms with Gasteiger partial charge in [-0.05, 0) is 55.8 Å². The number of nitrogens with one attached hydrogen (secondary N) is 3. The van der Waals surface area contributed by atoms with Crippen LogP contribution in [0.25, 0.3) is 0 Å². The van der Waals surface area contributed by atoms with Crippen LogP contribution in [-0.2, 0) is 36.0 Å². The van der Waals surface area contributed by atoms with Crippen LogP contribution in [0.3, 0.4) is 0 Å². The first kappa shape index (κ1) is 23.9. The van der Waals surface area contributed by atoms with Gasteiger partial charge in [0.2, 0.25) is 10.0 Å². The van der Waals surface area contributed by atoms with Crippen LogP contribution in [0.2, 0.25) is 0 Å². The molecule has 0 atom stereocenters. The van der Waals surface area contributed by atoms with E-state index in [0.29, 0.717) is 31.6 Å². The number of rotatable bonds is 8. The Morgan fingerprint density at radius 1 is 1.12 bits per heavy atom. The van der Waals surface area contributed by atoms with Gasteiger partial charge < -0.3 is 20.5 Å². The molecule has 0 saturated carbocycles. The third-order valence-corrected chi connectivity index (χ3v) is 7.80. The van der Waals surface area contributed by atoms with Crippen LogP contribution < -0.4 is 16.0 Å². The van der Waals surface area contributed by atoms with Crippen LogP contribution in [0, 0.1) is 6.92 Å². The molecule has 0 spiro atoms. The van der Waals surface area contributed by atoms with Gasteiger partial charge in [0.25, 0.3) is 0 Å². The lowest BCUT2D eigenvalue weighted by Crippen LogP contribution is -2.35. The number of amides is 2. The molecule has 0 fully saturated rings. The lowest BCUT2D eigenvalue weighted by molar-refractivity contribution is 0.251. The monoisotopic (exact) mass is 483 g/mol. The van der Waals surface area contributed by atoms with Crippen molar-refractivity contribution in [1.29, 1.82) is 0 Å². The standard InChI is InChI=1S/C24H29N5O4S/c1-17-22(23(33-28-17)11-13-25-2)15-26-24(30)27-20-7-9-21(10-8-20)34(31,32)29-14-12-18-5-3-4-6-19(18)16-29/h3-10,25H,11-16H2,1-2H3,(H2,26,27,30). The summed E-state index contributed by atoms with van der Waals surface area (Å²) in [6, 6.07) is 13.7. The van der Waals surface area contributed by atoms with Gasteiger partial charge in [-0.25, -0.2) is 13.2 Å². The van der Waals surface area contributed by atoms with Gasteiger partial charge in [-0.3, -0.25) is 0 Å². The lowest BCUT2D eigenvalue weighted by Gasteiger charge is -2.28. The van der Waals surface area contributed by atoms with Crippen molar-refractivity contribution in [2.45, 2.75) is 37.8 Å². The molecule has 3 N–H and O–H groups in total. The second kappa shape index (κ2) is 10.4. The van der Waals surface area contributed by atoms with Crippen molar-refractivity contribution in [2.75, 3.05) is 25.5 Å². The summed E-state index contributed by atoms with van der Waals surface area (Å²) < 4.78 is 33.1. The molecular formula is C24H29N5O4S. The maximum atomic E-state index is 13.1. The highest BCUT2D eigenvalue weighted by Crippen LogP contribution is 2.25. The largest absolute Gasteiger partial charge is 0.361 e. The van der Waals surface area contributed by atoms with E-state index in [2.05, 4.69) is 21.1 Å². The van der Waals surface area contributed by atoms with Gasteiger partial charge in [0, 0.05) is 43.9 Å². The minimum Gasteiger partial charge on any atom is -0.361 e. The average Bonchev–Trinajstić information content (AvgIpc) is 3.20. The zero-order chi connectivity index (χ0) is 24.1. The molecule has 2 heterocycles. The fourth-order valence-electron chi connectivity index (χ4n) is 3.98. The predicted molar refractivity (Wildman–Crippen MR) is 129 cm³/mol. The van der Waals surface area contributed by atoms with Crippen molar-refractivity contribution in [1.82, 2.24) is 20.1 Å². The third kappa shape index (κ3) is 5.30. The van der Waals surface area contributed by atoms with Gasteiger partial charge >= 0.3 is 6.03 Å². The summed E-state index contributed by atoms with van der Waals surface area (Å²) in [6.45, 7) is 3.66. The number of nitrogens with zero attached hydrogens (tertiary/aromatic N) is 2. The molecule has 1 aliphatic rings. The lowest BCUT2D eigenvalue weighted by atomic mass is 10.0. The average molecular weight is 484 g/mol. The quantitative estimate of drug-likeness (QED) is 0.454. The number of fused-ring (bicyclic) bond motifs is 1. The Morgan fingerprint density at radius 3 is 2.59 bits per heavy atom. The molecule has 10 heteroatoms. The van der Waals surface area contributed by atoms with Crippen molar-refractivity contribution in [2.24, 2.45) is 0 Å². The fourth-order valence-corrected chi connectivity index (χ4v) is 5.39. The smallest absolute Gasteiger partial charge is 0.319 e. The number of aromatic nitrogens is 1. The number of hydrogen-bond acceptors (Lipinski definition) is 6. The molecule has 1 aromatic heterocycles. The molecule has 4 rings (SSSR count). The Balaban J connectivity index is 1.36. The van der Waals surface area contributed by atoms with Crippen LogP contribution in [0.1, 0.15) is 28.1 Å². The number of carbonyl (C=O) groups excluding carboxylic acids is 1. The molecule has 34 heavy (non-hydrogen) atoms. The molecule has 180 valence electrons. The van der Waals surface area contributed by atoms with E-state index >= 15 is 0 Å². The molecule has 3 aromatic rings. The predicted octanol–water partition coefficient (Wildman–Crippen LogP) is 2.81. The first-order valence-electron chi connectivity index (χ1n) is 11.2. The SMILES string of the molecule is CNCCc1onc(C)c1CNC(=O)Nc1ccc(S(=O)(=O)N2CCc3ccccc3C2)cc1. The number of anilines is 1. The van der Waals surface area contributed by atoms with E-state index in [1.807, 2.05) is 38.2 Å². The van der Waals surface area contributed by atoms with E-state index in [1.165, 1.54) is 22.0 Å². The fraction of sp³-hybridized carbons (Fsp3) is 0.333. The van der Waals surface area contributed by atoms with E-state index in [-0.39, 0.29) is 11.4 Å². The highest BCUT2D eigenvalue weighted by atomic mass is 32.2. The molecule has 2 aromatic carbocycles. The highest BCUT2D eigenvalue weighted by molar-refractivity contribution is 7.89. The van der Waals surface area contributed by atoms with Gasteiger partial charge in [0.15, 0.2) is 0 Å². The van der Waals surface area contributed by atoms with Gasteiger partial charge in [0.05, 0.1) is 10.6 Å². The zero-order valence-electron chi connectivity index (χ0n) is 19.3. The number of sulfonamides is 1. The number of aryl methyl sites for hydroxylation is 1. The van der Waals surface area contributed by atoms with Crippen LogP contribution in [0.15, 0.2) is 57.9 Å². The van der Waals surface area contributed by atoms with Crippen molar-refractivity contribution >= 4 is 21.7 Å². The Bertz CT molecular complexity index is 1250. The van der Waals surface area contributed by atoms with E-state index in [4.69, 9.17) is 4.52 Å². The number of urea groups is 1. The maximum absolute atomic E-state index is 13.1. The summed E-state index contributed by atoms with van der Waals surface area (Å²) in [6.07, 6.45) is 1.37. The van der Waals surface area contributed by atoms with Crippen LogP contribution in [0.5, 0.6) is 0 Å². The topological polar surface area (TPSA) is 117 Å². The van der Waals surface area contributed by atoms with Gasteiger partial charge in [-0.1, -0.05) is 29.4 Å². The van der Waals surface area contributed by atoms with E-state index in [9.17, 15) is 13.2 Å². The van der Waals surface area contributed by atoms with Crippen LogP contribution >= 0.6 is 0 Å². The molecule has 0 aliphatic carbocycles. The van der Waals surface area contributed by atoms with Gasteiger partial charge in [-0.15, -0.1) is 0 Å². The summed E-state index contributed by atoms with van der Waals surface area (Å²) in [5, 5.41) is 12.6. The summed E-state index contributed by atoms with van der Waals surface area (Å²) in [5.74, 6) is 0.738. The Kier molecular flexibility index (Phi) is 7.30. The van der Waals surface area contributed by atoms with Gasteiger partial charge in [-0.2, -0.15) is 4.31 Å². The first-order valence-corrected chi connectivity index (χ1v) is 12.6. The molecule has 0 unspecified atom stereocenters. The van der Waals surface area contributed by atoms with Crippen molar-refractivity contribution in [3.05, 3.63) is 76.7 Å². The summed E-state index contributed by atoms with van der Waals surface area (Å²) in [4.78, 5) is 12.6. The third-order valence-electron chi connectivity index (χ3n) is 5.94. The van der Waals surface area contributed by atoms with E-state index in [0.717, 1.165) is 29.1 Å². The van der Waals surface area contributed by atoms with Gasteiger partial charge in [0.1, 0.15) is 5.76 Å². The highest BCUT2D eigenvalue weighted by Gasteiger charge is 2.28. The number of likely N-dealkylation sites (N-methyl/N-ethyl adjacent to an activating group) is 1. The molecular weight excluding hydrogens is 454 g/mol. The molecule has 0 saturated heterocycles. The van der Waals surface area contributed by atoms with Crippen LogP contribution in [0.4, 0.5) is 10.5 Å². The summed E-state index contributed by atoms with van der Waals surface area (Å²) >= 11 is 0. The van der Waals surface area contributed by atoms with Crippen LogP contribution in [-0.4, -0.2) is 44.0 Å². The second-order valence-corrected chi connectivity index (χ2v) is 10.2. The normalized spacial score (nSPS) is 13.9. The van der Waals surface area contributed by atoms with Crippen molar-refractivity contribution in [3.63, 3.8) is 0 Å². The van der Waals surface area contributed by atoms with Crippen molar-refractivity contribution < 1.29 is 17.7 Å². The molecule has 9 nitrogen and oxygen atoms in total. The van der Waals surface area contributed by atoms with Crippen molar-refractivity contribution in [3.8, 4) is 0 Å². The molecule has 0 bridgehead atoms. The Morgan fingerprint density at radius 2 is 1.85 bits per heavy atom. The second-order valence-electron chi connectivity index (χ2n) is 8.21. The zero-order valence-corrected chi connectivity index (χ0v) is 20.1. The Labute approximate surface area is 199 Å². The first-order chi connectivity index (χ1) is 16.4. The van der Waals surface area contributed by atoms with E-state index in [1.54, 1.807) is 12.1 Å². The Hall–Kier alpha value is -3.21. The minimum absolute atomic E-state index is 0.201.